The van der Waals surface area contributed by atoms with Crippen LogP contribution in [0.4, 0.5) is 0 Å². The van der Waals surface area contributed by atoms with Gasteiger partial charge in [0.05, 0.1) is 0 Å². The quantitative estimate of drug-likeness (QED) is 0.801. The van der Waals surface area contributed by atoms with Gasteiger partial charge in [0.25, 0.3) is 0 Å². The number of hydrogen-bond donors (Lipinski definition) is 1. The van der Waals surface area contributed by atoms with Crippen molar-refractivity contribution in [3.05, 3.63) is 20.8 Å². The summed E-state index contributed by atoms with van der Waals surface area (Å²) in [6.45, 7) is 7.29. The van der Waals surface area contributed by atoms with Crippen molar-refractivity contribution in [3.63, 3.8) is 0 Å². The van der Waals surface area contributed by atoms with Gasteiger partial charge in [-0.25, -0.2) is 0 Å². The molecule has 0 bridgehead atoms. The van der Waals surface area contributed by atoms with E-state index in [2.05, 4.69) is 60.5 Å². The van der Waals surface area contributed by atoms with E-state index < -0.39 is 0 Å². The van der Waals surface area contributed by atoms with Crippen molar-refractivity contribution < 1.29 is 0 Å². The maximum absolute atomic E-state index is 3.68. The Kier molecular flexibility index (Phi) is 5.13. The maximum atomic E-state index is 3.68. The summed E-state index contributed by atoms with van der Waals surface area (Å²) in [5.41, 5.74) is 0.362. The summed E-state index contributed by atoms with van der Waals surface area (Å²) in [5, 5.41) is 5.76. The topological polar surface area (TPSA) is 12.0 Å². The van der Waals surface area contributed by atoms with Crippen LogP contribution in [0.1, 0.15) is 44.9 Å². The van der Waals surface area contributed by atoms with Crippen LogP contribution in [-0.4, -0.2) is 13.1 Å². The van der Waals surface area contributed by atoms with Crippen molar-refractivity contribution >= 4 is 27.3 Å². The lowest BCUT2D eigenvalue weighted by molar-refractivity contribution is 0.0986. The molecule has 1 aromatic rings. The van der Waals surface area contributed by atoms with Crippen molar-refractivity contribution in [1.82, 2.24) is 5.32 Å². The second kappa shape index (κ2) is 6.28. The van der Waals surface area contributed by atoms with Crippen molar-refractivity contribution in [1.29, 1.82) is 0 Å². The third-order valence-corrected chi connectivity index (χ3v) is 6.72. The summed E-state index contributed by atoms with van der Waals surface area (Å²) in [5.74, 6) is 1.65. The molecule has 1 nitrogen and oxygen atoms in total. The third kappa shape index (κ3) is 3.62. The van der Waals surface area contributed by atoms with Gasteiger partial charge in [-0.3, -0.25) is 0 Å². The molecule has 1 aromatic heterocycles. The van der Waals surface area contributed by atoms with Crippen LogP contribution in [0.25, 0.3) is 0 Å². The smallest absolute Gasteiger partial charge is 0.0314 e. The van der Waals surface area contributed by atoms with Crippen molar-refractivity contribution in [2.24, 2.45) is 17.3 Å². The monoisotopic (exact) mass is 343 g/mol. The predicted molar refractivity (Wildman–Crippen MR) is 88.9 cm³/mol. The second-order valence-corrected chi connectivity index (χ2v) is 8.63. The van der Waals surface area contributed by atoms with Crippen LogP contribution in [0.3, 0.4) is 0 Å². The van der Waals surface area contributed by atoms with Crippen molar-refractivity contribution in [2.75, 3.05) is 7.05 Å². The van der Waals surface area contributed by atoms with Gasteiger partial charge in [0, 0.05) is 15.4 Å². The fourth-order valence-corrected chi connectivity index (χ4v) is 5.36. The van der Waals surface area contributed by atoms with Crippen LogP contribution in [0, 0.1) is 17.3 Å². The highest BCUT2D eigenvalue weighted by Gasteiger charge is 2.38. The summed E-state index contributed by atoms with van der Waals surface area (Å²) in [4.78, 5) is 1.50. The molecule has 3 atom stereocenters. The molecule has 1 N–H and O–H groups in total. The molecule has 0 aromatic carbocycles. The van der Waals surface area contributed by atoms with E-state index in [0.29, 0.717) is 11.5 Å². The molecule has 3 heteroatoms. The molecule has 2 rings (SSSR count). The molecule has 1 aliphatic carbocycles. The molecule has 108 valence electrons. The normalized spacial score (nSPS) is 28.6. The molecule has 19 heavy (non-hydrogen) atoms. The fourth-order valence-electron chi connectivity index (χ4n) is 3.63. The van der Waals surface area contributed by atoms with E-state index in [1.54, 1.807) is 0 Å². The lowest BCUT2D eigenvalue weighted by Gasteiger charge is -2.44. The second-order valence-electron chi connectivity index (χ2n) is 6.78. The SMILES string of the molecule is CNC1CC(C)CCC1C(C)(C)Cc1sccc1Br. The first-order chi connectivity index (χ1) is 8.94. The largest absolute Gasteiger partial charge is 0.317 e. The minimum absolute atomic E-state index is 0.362. The fraction of sp³-hybridized carbons (Fsp3) is 0.750. The Labute approximate surface area is 130 Å². The molecule has 3 unspecified atom stereocenters. The van der Waals surface area contributed by atoms with Gasteiger partial charge in [0.15, 0.2) is 0 Å². The van der Waals surface area contributed by atoms with E-state index in [0.717, 1.165) is 11.8 Å². The molecule has 1 saturated carbocycles. The van der Waals surface area contributed by atoms with Crippen LogP contribution < -0.4 is 5.32 Å². The van der Waals surface area contributed by atoms with Gasteiger partial charge in [0.2, 0.25) is 0 Å². The number of halogens is 1. The highest BCUT2D eigenvalue weighted by Crippen LogP contribution is 2.43. The molecule has 1 heterocycles. The van der Waals surface area contributed by atoms with Crippen LogP contribution in [0.2, 0.25) is 0 Å². The lowest BCUT2D eigenvalue weighted by atomic mass is 9.65. The number of rotatable bonds is 4. The molecule has 1 fully saturated rings. The molecule has 0 aliphatic heterocycles. The maximum Gasteiger partial charge on any atom is 0.0314 e. The lowest BCUT2D eigenvalue weighted by Crippen LogP contribution is -2.46. The highest BCUT2D eigenvalue weighted by molar-refractivity contribution is 9.10. The first kappa shape index (κ1) is 15.5. The Morgan fingerprint density at radius 2 is 2.16 bits per heavy atom. The van der Waals surface area contributed by atoms with E-state index in [4.69, 9.17) is 0 Å². The first-order valence-electron chi connectivity index (χ1n) is 7.33. The zero-order valence-electron chi connectivity index (χ0n) is 12.5. The first-order valence-corrected chi connectivity index (χ1v) is 9.00. The van der Waals surface area contributed by atoms with E-state index in [1.807, 2.05) is 11.3 Å². The van der Waals surface area contributed by atoms with Gasteiger partial charge in [-0.15, -0.1) is 11.3 Å². The van der Waals surface area contributed by atoms with Crippen LogP contribution >= 0.6 is 27.3 Å². The van der Waals surface area contributed by atoms with Gasteiger partial charge >= 0.3 is 0 Å². The molecule has 0 spiro atoms. The minimum atomic E-state index is 0.362. The molecule has 1 aliphatic rings. The predicted octanol–water partition coefficient (Wildman–Crippen LogP) is 5.10. The van der Waals surface area contributed by atoms with E-state index in [-0.39, 0.29) is 0 Å². The molecule has 0 saturated heterocycles. The van der Waals surface area contributed by atoms with Crippen molar-refractivity contribution in [2.45, 2.75) is 52.5 Å². The molecule has 0 radical (unpaired) electrons. The standard InChI is InChI=1S/C16H26BrNS/c1-11-5-6-12(14(9-11)18-4)16(2,3)10-15-13(17)7-8-19-15/h7-8,11-12,14,18H,5-6,9-10H2,1-4H3. The van der Waals surface area contributed by atoms with Crippen LogP contribution in [0.15, 0.2) is 15.9 Å². The zero-order chi connectivity index (χ0) is 14.0. The average molecular weight is 344 g/mol. The van der Waals surface area contributed by atoms with Crippen LogP contribution in [0.5, 0.6) is 0 Å². The highest BCUT2D eigenvalue weighted by atomic mass is 79.9. The van der Waals surface area contributed by atoms with Gasteiger partial charge in [-0.1, -0.05) is 27.2 Å². The summed E-state index contributed by atoms with van der Waals surface area (Å²) in [6.07, 6.45) is 5.26. The Morgan fingerprint density at radius 1 is 1.42 bits per heavy atom. The third-order valence-electron chi connectivity index (χ3n) is 4.79. The van der Waals surface area contributed by atoms with Gasteiger partial charge in [0.1, 0.15) is 0 Å². The molecular formula is C16H26BrNS. The zero-order valence-corrected chi connectivity index (χ0v) is 14.9. The summed E-state index contributed by atoms with van der Waals surface area (Å²) < 4.78 is 1.29. The summed E-state index contributed by atoms with van der Waals surface area (Å²) >= 11 is 5.56. The molecular weight excluding hydrogens is 318 g/mol. The van der Waals surface area contributed by atoms with Gasteiger partial charge in [-0.2, -0.15) is 0 Å². The Bertz CT molecular complexity index is 413. The van der Waals surface area contributed by atoms with Crippen LogP contribution in [-0.2, 0) is 6.42 Å². The van der Waals surface area contributed by atoms with Gasteiger partial charge < -0.3 is 5.32 Å². The van der Waals surface area contributed by atoms with Crippen molar-refractivity contribution in [3.8, 4) is 0 Å². The van der Waals surface area contributed by atoms with E-state index in [1.165, 1.54) is 35.0 Å². The molecule has 0 amide bonds. The Balaban J connectivity index is 2.11. The number of hydrogen-bond acceptors (Lipinski definition) is 2. The number of nitrogens with one attached hydrogen (secondary N) is 1. The average Bonchev–Trinajstić information content (AvgIpc) is 2.74. The van der Waals surface area contributed by atoms with Gasteiger partial charge in [-0.05, 0) is 70.9 Å². The Hall–Kier alpha value is 0.140. The van der Waals surface area contributed by atoms with E-state index >= 15 is 0 Å². The summed E-state index contributed by atoms with van der Waals surface area (Å²) in [6, 6.07) is 2.85. The summed E-state index contributed by atoms with van der Waals surface area (Å²) in [7, 11) is 2.13. The minimum Gasteiger partial charge on any atom is -0.317 e. The van der Waals surface area contributed by atoms with E-state index in [9.17, 15) is 0 Å². The Morgan fingerprint density at radius 3 is 2.74 bits per heavy atom. The number of thiophene rings is 1.